The number of carbonyl (C=O) groups is 2. The second-order valence-electron chi connectivity index (χ2n) is 4.54. The van der Waals surface area contributed by atoms with E-state index >= 15 is 0 Å². The number of carbonyl (C=O) groups excluding carboxylic acids is 2. The number of rotatable bonds is 5. The topological polar surface area (TPSA) is 86.9 Å². The van der Waals surface area contributed by atoms with Crippen LogP contribution in [-0.2, 0) is 4.79 Å². The highest BCUT2D eigenvalue weighted by atomic mass is 16.2. The lowest BCUT2D eigenvalue weighted by molar-refractivity contribution is -0.121. The van der Waals surface area contributed by atoms with Gasteiger partial charge in [-0.2, -0.15) is 5.10 Å². The molecule has 0 saturated heterocycles. The number of hydrogen-bond acceptors (Lipinski definition) is 3. The molecule has 0 unspecified atom stereocenters. The Balaban J connectivity index is 2.41. The molecule has 2 amide bonds. The lowest BCUT2D eigenvalue weighted by Crippen LogP contribution is -2.34. The molecule has 3 N–H and O–H groups in total. The van der Waals surface area contributed by atoms with Crippen LogP contribution in [0.3, 0.4) is 0 Å². The molecule has 0 fully saturated rings. The van der Waals surface area contributed by atoms with Gasteiger partial charge in [0.05, 0.1) is 11.3 Å². The van der Waals surface area contributed by atoms with Crippen molar-refractivity contribution in [2.24, 2.45) is 0 Å². The molecule has 0 aliphatic rings. The van der Waals surface area contributed by atoms with E-state index in [1.165, 1.54) is 0 Å². The van der Waals surface area contributed by atoms with Crippen LogP contribution < -0.4 is 10.6 Å². The summed E-state index contributed by atoms with van der Waals surface area (Å²) >= 11 is 0. The fourth-order valence-electron chi connectivity index (χ4n) is 1.66. The van der Waals surface area contributed by atoms with E-state index in [0.717, 1.165) is 5.69 Å². The fourth-order valence-corrected chi connectivity index (χ4v) is 1.66. The average Bonchev–Trinajstić information content (AvgIpc) is 2.57. The second kappa shape index (κ2) is 6.18. The predicted octanol–water partition coefficient (Wildman–Crippen LogP) is 0.671. The number of amides is 2. The standard InChI is InChI=1S/C12H20N4O2/c1-7(2)14-10(17)5-6-13-12(18)11-8(3)15-16-9(11)4/h7H,5-6H2,1-4H3,(H,13,18)(H,14,17)(H,15,16). The highest BCUT2D eigenvalue weighted by Gasteiger charge is 2.14. The SMILES string of the molecule is Cc1n[nH]c(C)c1C(=O)NCCC(=O)NC(C)C. The quantitative estimate of drug-likeness (QED) is 0.720. The molecule has 100 valence electrons. The fraction of sp³-hybridized carbons (Fsp3) is 0.583. The van der Waals surface area contributed by atoms with E-state index in [-0.39, 0.29) is 24.3 Å². The summed E-state index contributed by atoms with van der Waals surface area (Å²) in [6.07, 6.45) is 0.278. The van der Waals surface area contributed by atoms with E-state index in [1.807, 2.05) is 13.8 Å². The van der Waals surface area contributed by atoms with Crippen LogP contribution in [0.15, 0.2) is 0 Å². The lowest BCUT2D eigenvalue weighted by atomic mass is 10.2. The molecule has 0 aromatic carbocycles. The largest absolute Gasteiger partial charge is 0.354 e. The molecule has 0 aliphatic carbocycles. The number of nitrogens with zero attached hydrogens (tertiary/aromatic N) is 1. The summed E-state index contributed by atoms with van der Waals surface area (Å²) in [4.78, 5) is 23.2. The smallest absolute Gasteiger partial charge is 0.255 e. The molecular weight excluding hydrogens is 232 g/mol. The highest BCUT2D eigenvalue weighted by molar-refractivity contribution is 5.96. The Hall–Kier alpha value is -1.85. The van der Waals surface area contributed by atoms with Crippen LogP contribution in [0, 0.1) is 13.8 Å². The van der Waals surface area contributed by atoms with Gasteiger partial charge in [-0.05, 0) is 27.7 Å². The molecule has 1 aromatic heterocycles. The summed E-state index contributed by atoms with van der Waals surface area (Å²) < 4.78 is 0. The van der Waals surface area contributed by atoms with Crippen LogP contribution >= 0.6 is 0 Å². The van der Waals surface area contributed by atoms with Crippen LogP contribution in [0.5, 0.6) is 0 Å². The molecule has 18 heavy (non-hydrogen) atoms. The molecule has 0 radical (unpaired) electrons. The Labute approximate surface area is 107 Å². The summed E-state index contributed by atoms with van der Waals surface area (Å²) in [6, 6.07) is 0.117. The number of H-pyrrole nitrogens is 1. The van der Waals surface area contributed by atoms with E-state index in [1.54, 1.807) is 13.8 Å². The molecule has 0 spiro atoms. The first-order valence-corrected chi connectivity index (χ1v) is 6.01. The zero-order chi connectivity index (χ0) is 13.7. The number of hydrogen-bond donors (Lipinski definition) is 3. The van der Waals surface area contributed by atoms with Crippen molar-refractivity contribution in [3.8, 4) is 0 Å². The van der Waals surface area contributed by atoms with Crippen molar-refractivity contribution in [3.05, 3.63) is 17.0 Å². The predicted molar refractivity (Wildman–Crippen MR) is 68.3 cm³/mol. The summed E-state index contributed by atoms with van der Waals surface area (Å²) in [5, 5.41) is 12.2. The summed E-state index contributed by atoms with van der Waals surface area (Å²) in [6.45, 7) is 7.68. The number of aromatic nitrogens is 2. The van der Waals surface area contributed by atoms with E-state index in [4.69, 9.17) is 0 Å². The number of aryl methyl sites for hydroxylation is 2. The van der Waals surface area contributed by atoms with Crippen LogP contribution in [0.1, 0.15) is 42.0 Å². The molecule has 1 heterocycles. The molecule has 0 saturated carbocycles. The maximum absolute atomic E-state index is 11.8. The first-order valence-electron chi connectivity index (χ1n) is 6.01. The highest BCUT2D eigenvalue weighted by Crippen LogP contribution is 2.08. The van der Waals surface area contributed by atoms with Gasteiger partial charge in [0.2, 0.25) is 5.91 Å². The third kappa shape index (κ3) is 3.87. The van der Waals surface area contributed by atoms with Crippen molar-refractivity contribution >= 4 is 11.8 Å². The molecule has 1 aromatic rings. The molecule has 0 aliphatic heterocycles. The average molecular weight is 252 g/mol. The zero-order valence-electron chi connectivity index (χ0n) is 11.3. The molecular formula is C12H20N4O2. The van der Waals surface area contributed by atoms with Crippen LogP contribution in [-0.4, -0.2) is 34.6 Å². The number of nitrogens with one attached hydrogen (secondary N) is 3. The Morgan fingerprint density at radius 3 is 2.50 bits per heavy atom. The third-order valence-electron chi connectivity index (χ3n) is 2.44. The van der Waals surface area contributed by atoms with Gasteiger partial charge in [0.15, 0.2) is 0 Å². The lowest BCUT2D eigenvalue weighted by Gasteiger charge is -2.09. The Morgan fingerprint density at radius 2 is 2.00 bits per heavy atom. The van der Waals surface area contributed by atoms with Crippen LogP contribution in [0.4, 0.5) is 0 Å². The van der Waals surface area contributed by atoms with Gasteiger partial charge in [-0.15, -0.1) is 0 Å². The second-order valence-corrected chi connectivity index (χ2v) is 4.54. The van der Waals surface area contributed by atoms with Gasteiger partial charge in [0.25, 0.3) is 5.91 Å². The Bertz CT molecular complexity index is 418. The van der Waals surface area contributed by atoms with Crippen molar-refractivity contribution < 1.29 is 9.59 Å². The van der Waals surface area contributed by atoms with Gasteiger partial charge in [-0.1, -0.05) is 0 Å². The molecule has 0 atom stereocenters. The van der Waals surface area contributed by atoms with Gasteiger partial charge in [0.1, 0.15) is 0 Å². The summed E-state index contributed by atoms with van der Waals surface area (Å²) in [5.41, 5.74) is 1.95. The molecule has 6 heteroatoms. The maximum Gasteiger partial charge on any atom is 0.255 e. The van der Waals surface area contributed by atoms with E-state index in [0.29, 0.717) is 17.8 Å². The zero-order valence-corrected chi connectivity index (χ0v) is 11.3. The molecule has 6 nitrogen and oxygen atoms in total. The summed E-state index contributed by atoms with van der Waals surface area (Å²) in [7, 11) is 0. The van der Waals surface area contributed by atoms with Crippen molar-refractivity contribution in [1.29, 1.82) is 0 Å². The van der Waals surface area contributed by atoms with E-state index < -0.39 is 0 Å². The monoisotopic (exact) mass is 252 g/mol. The van der Waals surface area contributed by atoms with Crippen molar-refractivity contribution in [2.75, 3.05) is 6.54 Å². The minimum absolute atomic E-state index is 0.0639. The number of aromatic amines is 1. The van der Waals surface area contributed by atoms with E-state index in [9.17, 15) is 9.59 Å². The van der Waals surface area contributed by atoms with Gasteiger partial charge in [-0.25, -0.2) is 0 Å². The Morgan fingerprint density at radius 1 is 1.33 bits per heavy atom. The minimum atomic E-state index is -0.198. The first kappa shape index (κ1) is 14.2. The van der Waals surface area contributed by atoms with Gasteiger partial charge < -0.3 is 10.6 Å². The molecule has 1 rings (SSSR count). The van der Waals surface area contributed by atoms with Crippen molar-refractivity contribution in [1.82, 2.24) is 20.8 Å². The Kier molecular flexibility index (Phi) is 4.88. The van der Waals surface area contributed by atoms with Crippen LogP contribution in [0.2, 0.25) is 0 Å². The van der Waals surface area contributed by atoms with Gasteiger partial charge >= 0.3 is 0 Å². The molecule has 0 bridgehead atoms. The first-order chi connectivity index (χ1) is 8.41. The van der Waals surface area contributed by atoms with Crippen molar-refractivity contribution in [3.63, 3.8) is 0 Å². The maximum atomic E-state index is 11.8. The summed E-state index contributed by atoms with van der Waals surface area (Å²) in [5.74, 6) is -0.262. The van der Waals surface area contributed by atoms with Gasteiger partial charge in [0, 0.05) is 24.7 Å². The van der Waals surface area contributed by atoms with E-state index in [2.05, 4.69) is 20.8 Å². The van der Waals surface area contributed by atoms with Crippen LogP contribution in [0.25, 0.3) is 0 Å². The van der Waals surface area contributed by atoms with Gasteiger partial charge in [-0.3, -0.25) is 14.7 Å². The van der Waals surface area contributed by atoms with Crippen molar-refractivity contribution in [2.45, 2.75) is 40.2 Å². The normalized spacial score (nSPS) is 10.5. The minimum Gasteiger partial charge on any atom is -0.354 e. The third-order valence-corrected chi connectivity index (χ3v) is 2.44.